The number of benzene rings is 1. The van der Waals surface area contributed by atoms with Gasteiger partial charge in [0.2, 0.25) is 0 Å². The Hall–Kier alpha value is -3.96. The molecule has 9 nitrogen and oxygen atoms in total. The second-order valence-electron chi connectivity index (χ2n) is 6.83. The molecule has 0 saturated heterocycles. The Labute approximate surface area is 178 Å². The van der Waals surface area contributed by atoms with Crippen molar-refractivity contribution in [2.45, 2.75) is 18.8 Å². The third-order valence-electron chi connectivity index (χ3n) is 4.96. The van der Waals surface area contributed by atoms with Gasteiger partial charge in [-0.15, -0.1) is 0 Å². The fourth-order valence-corrected chi connectivity index (χ4v) is 3.56. The average molecular weight is 447 g/mol. The maximum Gasteiger partial charge on any atom is 0.423 e. The maximum atomic E-state index is 13.7. The number of hydrogen-bond acceptors (Lipinski definition) is 8. The van der Waals surface area contributed by atoms with Gasteiger partial charge in [0.25, 0.3) is 5.56 Å². The number of carbonyl (C=O) groups excluding carboxylic acids is 1. The molecule has 1 N–H and O–H groups in total. The number of aromatic amines is 1. The number of anilines is 1. The van der Waals surface area contributed by atoms with Crippen LogP contribution in [0.5, 0.6) is 6.01 Å². The molecule has 2 aromatic heterocycles. The first-order chi connectivity index (χ1) is 15.3. The highest BCUT2D eigenvalue weighted by Gasteiger charge is 2.42. The molecule has 1 aliphatic rings. The Bertz CT molecular complexity index is 1210. The van der Waals surface area contributed by atoms with Crippen molar-refractivity contribution in [3.63, 3.8) is 0 Å². The van der Waals surface area contributed by atoms with E-state index >= 15 is 0 Å². The zero-order valence-corrected chi connectivity index (χ0v) is 16.6. The molecule has 0 amide bonds. The number of rotatable bonds is 5. The van der Waals surface area contributed by atoms with Gasteiger partial charge >= 0.3 is 18.2 Å². The second kappa shape index (κ2) is 8.29. The highest BCUT2D eigenvalue weighted by molar-refractivity contribution is 5.87. The molecule has 1 unspecified atom stereocenters. The summed E-state index contributed by atoms with van der Waals surface area (Å²) in [5, 5.41) is 5.40. The number of halogens is 3. The van der Waals surface area contributed by atoms with E-state index in [1.165, 1.54) is 24.3 Å². The van der Waals surface area contributed by atoms with Crippen molar-refractivity contribution in [1.82, 2.24) is 20.2 Å². The zero-order chi connectivity index (χ0) is 22.9. The molecule has 1 atom stereocenters. The second-order valence-corrected chi connectivity index (χ2v) is 6.83. The van der Waals surface area contributed by atoms with E-state index in [1.807, 2.05) is 5.10 Å². The molecule has 4 rings (SSSR count). The molecule has 166 valence electrons. The lowest BCUT2D eigenvalue weighted by molar-refractivity contribution is -0.138. The van der Waals surface area contributed by atoms with Crippen LogP contribution in [0.1, 0.15) is 33.2 Å². The van der Waals surface area contributed by atoms with Gasteiger partial charge in [-0.25, -0.2) is 14.9 Å². The van der Waals surface area contributed by atoms with E-state index in [9.17, 15) is 22.8 Å². The van der Waals surface area contributed by atoms with E-state index in [4.69, 9.17) is 4.74 Å². The first-order valence-electron chi connectivity index (χ1n) is 9.33. The summed E-state index contributed by atoms with van der Waals surface area (Å²) in [6, 6.07) is 7.58. The molecule has 0 fully saturated rings. The average Bonchev–Trinajstić information content (AvgIpc) is 3.14. The minimum atomic E-state index is -4.88. The number of fused-ring (bicyclic) bond motifs is 1. The van der Waals surface area contributed by atoms with Gasteiger partial charge in [-0.3, -0.25) is 4.79 Å². The standard InChI is InChI=1S/C20H16F3N5O4/c1-31-18(30)13-6-7-24-19(26-13)32-10-15-12-5-3-2-4-11(12)9-28(15)14-8-25-27-17(29)16(14)20(21,22)23/h2-8,15H,9-10H2,1H3,(H,27,29). The van der Waals surface area contributed by atoms with Crippen LogP contribution in [-0.2, 0) is 17.5 Å². The largest absolute Gasteiger partial charge is 0.464 e. The Balaban J connectivity index is 1.69. The molecule has 0 saturated carbocycles. The van der Waals surface area contributed by atoms with Gasteiger partial charge in [0.1, 0.15) is 12.2 Å². The predicted molar refractivity (Wildman–Crippen MR) is 104 cm³/mol. The van der Waals surface area contributed by atoms with Gasteiger partial charge in [0.05, 0.1) is 25.0 Å². The van der Waals surface area contributed by atoms with Crippen LogP contribution in [0.4, 0.5) is 18.9 Å². The normalized spacial score (nSPS) is 15.4. The van der Waals surface area contributed by atoms with Crippen molar-refractivity contribution in [2.75, 3.05) is 18.6 Å². The molecular weight excluding hydrogens is 431 g/mol. The fourth-order valence-electron chi connectivity index (χ4n) is 3.56. The maximum absolute atomic E-state index is 13.7. The summed E-state index contributed by atoms with van der Waals surface area (Å²) in [6.45, 7) is -0.0345. The van der Waals surface area contributed by atoms with Gasteiger partial charge in [0, 0.05) is 12.7 Å². The topological polar surface area (TPSA) is 110 Å². The Morgan fingerprint density at radius 2 is 2.06 bits per heavy atom. The lowest BCUT2D eigenvalue weighted by Gasteiger charge is -2.28. The van der Waals surface area contributed by atoms with Crippen LogP contribution in [0.3, 0.4) is 0 Å². The molecule has 32 heavy (non-hydrogen) atoms. The summed E-state index contributed by atoms with van der Waals surface area (Å²) >= 11 is 0. The van der Waals surface area contributed by atoms with E-state index in [0.29, 0.717) is 0 Å². The number of methoxy groups -OCH3 is 1. The number of nitrogens with zero attached hydrogens (tertiary/aromatic N) is 4. The van der Waals surface area contributed by atoms with Crippen molar-refractivity contribution < 1.29 is 27.4 Å². The van der Waals surface area contributed by atoms with E-state index in [0.717, 1.165) is 17.3 Å². The minimum absolute atomic E-state index is 0.0284. The number of hydrogen-bond donors (Lipinski definition) is 1. The fraction of sp³-hybridized carbons (Fsp3) is 0.250. The van der Waals surface area contributed by atoms with Crippen molar-refractivity contribution >= 4 is 11.7 Å². The summed E-state index contributed by atoms with van der Waals surface area (Å²) in [5.74, 6) is -0.686. The molecule has 3 aromatic rings. The number of ether oxygens (including phenoxy) is 2. The van der Waals surface area contributed by atoms with Crippen LogP contribution in [0.2, 0.25) is 0 Å². The quantitative estimate of drug-likeness (QED) is 0.594. The Morgan fingerprint density at radius 1 is 1.28 bits per heavy atom. The highest BCUT2D eigenvalue weighted by atomic mass is 19.4. The van der Waals surface area contributed by atoms with E-state index in [2.05, 4.69) is 19.8 Å². The molecule has 0 aliphatic carbocycles. The predicted octanol–water partition coefficient (Wildman–Crippen LogP) is 2.51. The lowest BCUT2D eigenvalue weighted by atomic mass is 10.1. The first kappa shape index (κ1) is 21.3. The van der Waals surface area contributed by atoms with Crippen molar-refractivity contribution in [1.29, 1.82) is 0 Å². The van der Waals surface area contributed by atoms with Gasteiger partial charge in [-0.1, -0.05) is 24.3 Å². The van der Waals surface area contributed by atoms with Crippen LogP contribution in [0.15, 0.2) is 47.5 Å². The SMILES string of the molecule is COC(=O)c1ccnc(OCC2c3ccccc3CN2c2cn[nH]c(=O)c2C(F)(F)F)n1. The van der Waals surface area contributed by atoms with Crippen molar-refractivity contribution in [2.24, 2.45) is 0 Å². The summed E-state index contributed by atoms with van der Waals surface area (Å²) < 4.78 is 51.2. The van der Waals surface area contributed by atoms with E-state index < -0.39 is 29.3 Å². The van der Waals surface area contributed by atoms with Gasteiger partial charge in [-0.05, 0) is 17.2 Å². The van der Waals surface area contributed by atoms with Crippen LogP contribution >= 0.6 is 0 Å². The molecule has 0 radical (unpaired) electrons. The number of alkyl halides is 3. The molecule has 1 aromatic carbocycles. The van der Waals surface area contributed by atoms with Gasteiger partial charge < -0.3 is 14.4 Å². The van der Waals surface area contributed by atoms with Crippen LogP contribution < -0.4 is 15.2 Å². The summed E-state index contributed by atoms with van der Waals surface area (Å²) in [4.78, 5) is 32.9. The molecular formula is C20H16F3N5O4. The number of nitrogens with one attached hydrogen (secondary N) is 1. The summed E-state index contributed by atoms with van der Waals surface area (Å²) in [6.07, 6.45) is -2.61. The van der Waals surface area contributed by atoms with Crippen LogP contribution in [0, 0.1) is 0 Å². The van der Waals surface area contributed by atoms with Crippen molar-refractivity contribution in [3.05, 3.63) is 75.5 Å². The molecule has 12 heteroatoms. The third-order valence-corrected chi connectivity index (χ3v) is 4.96. The molecule has 3 heterocycles. The molecule has 0 spiro atoms. The number of esters is 1. The molecule has 1 aliphatic heterocycles. The van der Waals surface area contributed by atoms with Crippen LogP contribution in [-0.4, -0.2) is 39.9 Å². The number of carbonyl (C=O) groups is 1. The summed E-state index contributed by atoms with van der Waals surface area (Å²) in [5.41, 5.74) is -1.56. The third kappa shape index (κ3) is 3.98. The summed E-state index contributed by atoms with van der Waals surface area (Å²) in [7, 11) is 1.20. The number of H-pyrrole nitrogens is 1. The lowest BCUT2D eigenvalue weighted by Crippen LogP contribution is -2.33. The van der Waals surface area contributed by atoms with Crippen LogP contribution in [0.25, 0.3) is 0 Å². The highest BCUT2D eigenvalue weighted by Crippen LogP contribution is 2.42. The molecule has 0 bridgehead atoms. The minimum Gasteiger partial charge on any atom is -0.464 e. The Kier molecular flexibility index (Phi) is 5.51. The zero-order valence-electron chi connectivity index (χ0n) is 16.6. The monoisotopic (exact) mass is 447 g/mol. The van der Waals surface area contributed by atoms with Crippen molar-refractivity contribution in [3.8, 4) is 6.01 Å². The number of aromatic nitrogens is 4. The smallest absolute Gasteiger partial charge is 0.423 e. The Morgan fingerprint density at radius 3 is 2.81 bits per heavy atom. The van der Waals surface area contributed by atoms with E-state index in [1.54, 1.807) is 24.3 Å². The van der Waals surface area contributed by atoms with Gasteiger partial charge in [-0.2, -0.15) is 23.3 Å². The van der Waals surface area contributed by atoms with Gasteiger partial charge in [0.15, 0.2) is 5.69 Å². The van der Waals surface area contributed by atoms with E-state index in [-0.39, 0.29) is 30.5 Å². The first-order valence-corrected chi connectivity index (χ1v) is 9.33.